The molecular formula is C20H19ClN2O5. The van der Waals surface area contributed by atoms with Crippen molar-refractivity contribution in [2.75, 3.05) is 18.6 Å². The number of fused-ring (bicyclic) bond motifs is 1. The SMILES string of the molecule is COC(=O)CC1CCCN(C(=O)c2ccc([N+](=O)[O-])cc2)c2ccc(Cl)cc21. The van der Waals surface area contributed by atoms with Crippen LogP contribution in [0.1, 0.15) is 41.1 Å². The number of ether oxygens (including phenoxy) is 1. The summed E-state index contributed by atoms with van der Waals surface area (Å²) in [5, 5.41) is 11.4. The van der Waals surface area contributed by atoms with E-state index in [9.17, 15) is 19.7 Å². The van der Waals surface area contributed by atoms with Gasteiger partial charge in [-0.15, -0.1) is 0 Å². The molecule has 0 bridgehead atoms. The molecule has 3 rings (SSSR count). The van der Waals surface area contributed by atoms with E-state index >= 15 is 0 Å². The normalized spacial score (nSPS) is 16.1. The van der Waals surface area contributed by atoms with Crippen LogP contribution in [0.15, 0.2) is 42.5 Å². The third-order valence-corrected chi connectivity index (χ3v) is 5.10. The summed E-state index contributed by atoms with van der Waals surface area (Å²) in [6, 6.07) is 10.8. The van der Waals surface area contributed by atoms with Crippen molar-refractivity contribution in [2.24, 2.45) is 0 Å². The van der Waals surface area contributed by atoms with Gasteiger partial charge in [-0.3, -0.25) is 19.7 Å². The van der Waals surface area contributed by atoms with Gasteiger partial charge in [0.1, 0.15) is 0 Å². The van der Waals surface area contributed by atoms with E-state index in [-0.39, 0.29) is 29.9 Å². The Labute approximate surface area is 167 Å². The van der Waals surface area contributed by atoms with Crippen LogP contribution in [0.3, 0.4) is 0 Å². The highest BCUT2D eigenvalue weighted by Gasteiger charge is 2.29. The zero-order valence-electron chi connectivity index (χ0n) is 15.3. The van der Waals surface area contributed by atoms with Gasteiger partial charge in [0, 0.05) is 35.0 Å². The summed E-state index contributed by atoms with van der Waals surface area (Å²) in [7, 11) is 1.35. The fraction of sp³-hybridized carbons (Fsp3) is 0.300. The number of carbonyl (C=O) groups is 2. The van der Waals surface area contributed by atoms with Crippen LogP contribution in [0.4, 0.5) is 11.4 Å². The summed E-state index contributed by atoms with van der Waals surface area (Å²) >= 11 is 6.17. The molecular weight excluding hydrogens is 384 g/mol. The molecule has 0 radical (unpaired) electrons. The topological polar surface area (TPSA) is 89.8 Å². The number of methoxy groups -OCH3 is 1. The molecule has 146 valence electrons. The number of rotatable bonds is 4. The van der Waals surface area contributed by atoms with Crippen molar-refractivity contribution < 1.29 is 19.2 Å². The summed E-state index contributed by atoms with van der Waals surface area (Å²) in [5.41, 5.74) is 1.81. The van der Waals surface area contributed by atoms with Gasteiger partial charge in [-0.1, -0.05) is 11.6 Å². The number of non-ortho nitro benzene ring substituents is 1. The van der Waals surface area contributed by atoms with Crippen LogP contribution in [-0.2, 0) is 9.53 Å². The number of nitro benzene ring substituents is 1. The van der Waals surface area contributed by atoms with Crippen molar-refractivity contribution in [3.05, 3.63) is 68.7 Å². The molecule has 2 aromatic rings. The number of halogens is 1. The first-order valence-corrected chi connectivity index (χ1v) is 9.21. The molecule has 8 heteroatoms. The molecule has 0 spiro atoms. The van der Waals surface area contributed by atoms with Gasteiger partial charge < -0.3 is 9.64 Å². The number of hydrogen-bond donors (Lipinski definition) is 0. The van der Waals surface area contributed by atoms with Crippen LogP contribution in [0.5, 0.6) is 0 Å². The Kier molecular flexibility index (Phi) is 5.94. The van der Waals surface area contributed by atoms with E-state index in [1.807, 2.05) is 0 Å². The first-order valence-electron chi connectivity index (χ1n) is 8.83. The summed E-state index contributed by atoms with van der Waals surface area (Å²) < 4.78 is 4.81. The van der Waals surface area contributed by atoms with Crippen LogP contribution >= 0.6 is 11.6 Å². The van der Waals surface area contributed by atoms with Crippen LogP contribution in [0.2, 0.25) is 5.02 Å². The zero-order valence-corrected chi connectivity index (χ0v) is 16.0. The van der Waals surface area contributed by atoms with Gasteiger partial charge in [0.25, 0.3) is 11.6 Å². The Morgan fingerprint density at radius 2 is 1.96 bits per heavy atom. The second-order valence-corrected chi connectivity index (χ2v) is 7.02. The zero-order chi connectivity index (χ0) is 20.3. The van der Waals surface area contributed by atoms with Crippen molar-refractivity contribution in [2.45, 2.75) is 25.2 Å². The van der Waals surface area contributed by atoms with Gasteiger partial charge in [0.05, 0.1) is 18.5 Å². The lowest BCUT2D eigenvalue weighted by Crippen LogP contribution is -2.31. The lowest BCUT2D eigenvalue weighted by atomic mass is 9.91. The van der Waals surface area contributed by atoms with Crippen molar-refractivity contribution in [1.82, 2.24) is 0 Å². The largest absolute Gasteiger partial charge is 0.469 e. The molecule has 1 heterocycles. The Hall–Kier alpha value is -2.93. The number of hydrogen-bond acceptors (Lipinski definition) is 5. The van der Waals surface area contributed by atoms with E-state index < -0.39 is 4.92 Å². The predicted octanol–water partition coefficient (Wildman–Crippen LogP) is 4.34. The number of carbonyl (C=O) groups excluding carboxylic acids is 2. The Balaban J connectivity index is 1.96. The number of amides is 1. The highest BCUT2D eigenvalue weighted by Crippen LogP contribution is 2.38. The number of benzene rings is 2. The minimum Gasteiger partial charge on any atom is -0.469 e. The lowest BCUT2D eigenvalue weighted by molar-refractivity contribution is -0.384. The van der Waals surface area contributed by atoms with Crippen molar-refractivity contribution >= 4 is 34.9 Å². The number of nitrogens with zero attached hydrogens (tertiary/aromatic N) is 2. The Morgan fingerprint density at radius 1 is 1.25 bits per heavy atom. The van der Waals surface area contributed by atoms with Gasteiger partial charge in [0.2, 0.25) is 0 Å². The fourth-order valence-corrected chi connectivity index (χ4v) is 3.64. The van der Waals surface area contributed by atoms with Crippen LogP contribution < -0.4 is 4.90 Å². The molecule has 0 aliphatic carbocycles. The molecule has 1 atom stereocenters. The molecule has 0 saturated carbocycles. The molecule has 0 fully saturated rings. The summed E-state index contributed by atoms with van der Waals surface area (Å²) in [4.78, 5) is 36.9. The Bertz CT molecular complexity index is 913. The van der Waals surface area contributed by atoms with Gasteiger partial charge in [0.15, 0.2) is 0 Å². The molecule has 1 amide bonds. The molecule has 0 aromatic heterocycles. The van der Waals surface area contributed by atoms with Crippen molar-refractivity contribution in [1.29, 1.82) is 0 Å². The highest BCUT2D eigenvalue weighted by molar-refractivity contribution is 6.30. The molecule has 1 aliphatic rings. The molecule has 0 saturated heterocycles. The van der Waals surface area contributed by atoms with E-state index in [1.54, 1.807) is 23.1 Å². The third-order valence-electron chi connectivity index (χ3n) is 4.87. The van der Waals surface area contributed by atoms with Crippen LogP contribution in [-0.4, -0.2) is 30.5 Å². The van der Waals surface area contributed by atoms with Crippen LogP contribution in [0.25, 0.3) is 0 Å². The van der Waals surface area contributed by atoms with E-state index in [1.165, 1.54) is 31.4 Å². The Morgan fingerprint density at radius 3 is 2.61 bits per heavy atom. The number of esters is 1. The maximum absolute atomic E-state index is 13.1. The molecule has 2 aromatic carbocycles. The number of anilines is 1. The third kappa shape index (κ3) is 4.14. The molecule has 7 nitrogen and oxygen atoms in total. The van der Waals surface area contributed by atoms with Gasteiger partial charge in [-0.25, -0.2) is 0 Å². The second-order valence-electron chi connectivity index (χ2n) is 6.58. The lowest BCUT2D eigenvalue weighted by Gasteiger charge is -2.24. The maximum atomic E-state index is 13.1. The van der Waals surface area contributed by atoms with Crippen molar-refractivity contribution in [3.8, 4) is 0 Å². The average molecular weight is 403 g/mol. The standard InChI is InChI=1S/C20H19ClN2O5/c1-28-19(24)11-14-3-2-10-22(18-9-6-15(21)12-17(14)18)20(25)13-4-7-16(8-5-13)23(26)27/h4-9,12,14H,2-3,10-11H2,1H3. The molecule has 28 heavy (non-hydrogen) atoms. The predicted molar refractivity (Wildman–Crippen MR) is 105 cm³/mol. The van der Waals surface area contributed by atoms with Gasteiger partial charge in [-0.2, -0.15) is 0 Å². The van der Waals surface area contributed by atoms with Gasteiger partial charge in [-0.05, 0) is 54.7 Å². The minimum atomic E-state index is -0.505. The molecule has 1 aliphatic heterocycles. The fourth-order valence-electron chi connectivity index (χ4n) is 3.46. The minimum absolute atomic E-state index is 0.0715. The smallest absolute Gasteiger partial charge is 0.306 e. The maximum Gasteiger partial charge on any atom is 0.306 e. The highest BCUT2D eigenvalue weighted by atomic mass is 35.5. The van der Waals surface area contributed by atoms with E-state index in [4.69, 9.17) is 16.3 Å². The quantitative estimate of drug-likeness (QED) is 0.431. The summed E-state index contributed by atoms with van der Waals surface area (Å²) in [6.45, 7) is 0.474. The van der Waals surface area contributed by atoms with Crippen LogP contribution in [0, 0.1) is 10.1 Å². The molecule has 0 N–H and O–H groups in total. The second kappa shape index (κ2) is 8.39. The van der Waals surface area contributed by atoms with E-state index in [0.717, 1.165) is 5.56 Å². The van der Waals surface area contributed by atoms with E-state index in [2.05, 4.69) is 0 Å². The summed E-state index contributed by atoms with van der Waals surface area (Å²) in [6.07, 6.45) is 1.63. The molecule has 1 unspecified atom stereocenters. The number of nitro groups is 1. The van der Waals surface area contributed by atoms with Gasteiger partial charge >= 0.3 is 5.97 Å². The summed E-state index contributed by atoms with van der Waals surface area (Å²) in [5.74, 6) is -0.668. The average Bonchev–Trinajstić information content (AvgIpc) is 2.86. The first kappa shape index (κ1) is 19.8. The van der Waals surface area contributed by atoms with E-state index in [0.29, 0.717) is 35.7 Å². The van der Waals surface area contributed by atoms with Crippen molar-refractivity contribution in [3.63, 3.8) is 0 Å². The monoisotopic (exact) mass is 402 g/mol. The first-order chi connectivity index (χ1) is 13.4.